The third-order valence-electron chi connectivity index (χ3n) is 8.61. The lowest BCUT2D eigenvalue weighted by atomic mass is 9.93. The fraction of sp³-hybridized carbons (Fsp3) is 0.275. The van der Waals surface area contributed by atoms with Gasteiger partial charge in [0.2, 0.25) is 6.79 Å². The van der Waals surface area contributed by atoms with E-state index in [1.165, 1.54) is 33.4 Å². The van der Waals surface area contributed by atoms with Crippen molar-refractivity contribution in [1.29, 1.82) is 0 Å². The number of hydrogen-bond donors (Lipinski definition) is 0. The monoisotopic (exact) mass is 735 g/mol. The van der Waals surface area contributed by atoms with Gasteiger partial charge in [-0.05, 0) is 90.3 Å². The zero-order valence-corrected chi connectivity index (χ0v) is 30.8. The van der Waals surface area contributed by atoms with Crippen molar-refractivity contribution in [2.24, 2.45) is 0 Å². The molecule has 0 saturated carbocycles. The van der Waals surface area contributed by atoms with Crippen LogP contribution in [0.4, 0.5) is 0 Å². The average molecular weight is 737 g/mol. The lowest BCUT2D eigenvalue weighted by Crippen LogP contribution is -2.49. The first-order chi connectivity index (χ1) is 23.4. The Labute approximate surface area is 312 Å². The highest BCUT2D eigenvalue weighted by Crippen LogP contribution is 2.34. The van der Waals surface area contributed by atoms with Gasteiger partial charge in [-0.1, -0.05) is 84.4 Å². The molecular weight excluding hydrogens is 693 g/mol. The number of rotatable bonds is 8. The van der Waals surface area contributed by atoms with Gasteiger partial charge in [-0.2, -0.15) is 0 Å². The van der Waals surface area contributed by atoms with Crippen molar-refractivity contribution in [3.8, 4) is 17.2 Å². The molecule has 7 nitrogen and oxygen atoms in total. The number of fused-ring (bicyclic) bond motifs is 3. The zero-order valence-electron chi connectivity index (χ0n) is 28.4. The fourth-order valence-electron chi connectivity index (χ4n) is 6.01. The van der Waals surface area contributed by atoms with Crippen LogP contribution < -0.4 is 14.2 Å². The summed E-state index contributed by atoms with van der Waals surface area (Å²) < 4.78 is 16.3. The summed E-state index contributed by atoms with van der Waals surface area (Å²) >= 11 is 5.85. The van der Waals surface area contributed by atoms with E-state index < -0.39 is 0 Å². The predicted molar refractivity (Wildman–Crippen MR) is 208 cm³/mol. The Hall–Kier alpha value is -3.98. The summed E-state index contributed by atoms with van der Waals surface area (Å²) in [5, 5.41) is 0.646. The van der Waals surface area contributed by atoms with E-state index in [9.17, 15) is 4.79 Å². The van der Waals surface area contributed by atoms with E-state index in [4.69, 9.17) is 25.8 Å². The highest BCUT2D eigenvalue weighted by atomic mass is 35.5. The third kappa shape index (κ3) is 10.3. The highest BCUT2D eigenvalue weighted by molar-refractivity contribution is 6.30. The van der Waals surface area contributed by atoms with Crippen LogP contribution >= 0.6 is 36.4 Å². The van der Waals surface area contributed by atoms with Crippen LogP contribution in [0.3, 0.4) is 0 Å². The second-order valence-electron chi connectivity index (χ2n) is 12.3. The molecule has 0 atom stereocenters. The molecule has 50 heavy (non-hydrogen) atoms. The normalized spacial score (nSPS) is 14.2. The van der Waals surface area contributed by atoms with Gasteiger partial charge in [-0.3, -0.25) is 9.69 Å². The molecule has 4 aromatic carbocycles. The first kappa shape index (κ1) is 38.8. The quantitative estimate of drug-likeness (QED) is 0.160. The van der Waals surface area contributed by atoms with Crippen LogP contribution in [0.5, 0.6) is 17.2 Å². The molecule has 0 N–H and O–H groups in total. The van der Waals surface area contributed by atoms with E-state index in [2.05, 4.69) is 96.7 Å². The van der Waals surface area contributed by atoms with Crippen LogP contribution in [0, 0.1) is 0 Å². The lowest BCUT2D eigenvalue weighted by molar-refractivity contribution is -0.135. The van der Waals surface area contributed by atoms with E-state index in [1.54, 1.807) is 24.3 Å². The summed E-state index contributed by atoms with van der Waals surface area (Å²) in [7, 11) is 4.24. The first-order valence-corrected chi connectivity index (χ1v) is 16.8. The molecule has 1 saturated heterocycles. The van der Waals surface area contributed by atoms with Gasteiger partial charge in [0.1, 0.15) is 5.75 Å². The van der Waals surface area contributed by atoms with Crippen molar-refractivity contribution >= 4 is 60.0 Å². The van der Waals surface area contributed by atoms with E-state index in [0.717, 1.165) is 44.1 Å². The van der Waals surface area contributed by atoms with Crippen molar-refractivity contribution in [3.05, 3.63) is 130 Å². The highest BCUT2D eigenvalue weighted by Gasteiger charge is 2.22. The van der Waals surface area contributed by atoms with Crippen LogP contribution in [0.25, 0.3) is 17.7 Å². The van der Waals surface area contributed by atoms with Crippen molar-refractivity contribution in [1.82, 2.24) is 14.7 Å². The SMILES string of the molecule is CN(C)CCC=C1c2ccccc2C=Cc2ccccc21.Cl.Cl.O=C(COc1ccc(Cl)cc1)N1CCN(Cc2ccc3c(c2)OCO3)CC1. The van der Waals surface area contributed by atoms with Gasteiger partial charge in [-0.25, -0.2) is 0 Å². The largest absolute Gasteiger partial charge is 0.484 e. The summed E-state index contributed by atoms with van der Waals surface area (Å²) in [6.07, 6.45) is 7.89. The zero-order chi connectivity index (χ0) is 33.3. The maximum atomic E-state index is 12.4. The minimum Gasteiger partial charge on any atom is -0.484 e. The van der Waals surface area contributed by atoms with Crippen LogP contribution in [-0.2, 0) is 11.3 Å². The van der Waals surface area contributed by atoms with Gasteiger partial charge >= 0.3 is 0 Å². The second-order valence-corrected chi connectivity index (χ2v) is 12.7. The summed E-state index contributed by atoms with van der Waals surface area (Å²) in [6, 6.07) is 30.4. The fourth-order valence-corrected chi connectivity index (χ4v) is 6.13. The number of benzene rings is 4. The van der Waals surface area contributed by atoms with Crippen molar-refractivity contribution in [3.63, 3.8) is 0 Å². The molecule has 264 valence electrons. The molecule has 1 amide bonds. The Balaban J connectivity index is 0.000000222. The molecule has 0 unspecified atom stereocenters. The number of nitrogens with zero attached hydrogens (tertiary/aromatic N) is 3. The standard InChI is InChI=1S/C20H21ClN2O4.C20H21N.2ClH/c21-16-2-4-17(5-3-16)25-13-20(24)23-9-7-22(8-10-23)12-15-1-6-18-19(11-15)27-14-26-18;1-21(2)15-7-12-20-18-10-5-3-8-16(18)13-14-17-9-4-6-11-19(17)20;;/h1-6,11H,7-10,12-14H2;3-6,8-14H,7,15H2,1-2H3;2*1H. The Morgan fingerprint density at radius 2 is 1.44 bits per heavy atom. The van der Waals surface area contributed by atoms with Crippen molar-refractivity contribution in [2.75, 3.05) is 60.2 Å². The van der Waals surface area contributed by atoms with Crippen LogP contribution in [0.15, 0.2) is 97.1 Å². The summed E-state index contributed by atoms with van der Waals surface area (Å²) in [5.74, 6) is 2.26. The van der Waals surface area contributed by atoms with Crippen LogP contribution in [0.2, 0.25) is 5.02 Å². The molecule has 10 heteroatoms. The van der Waals surface area contributed by atoms with E-state index in [0.29, 0.717) is 23.9 Å². The molecule has 2 heterocycles. The topological polar surface area (TPSA) is 54.5 Å². The molecule has 0 aromatic heterocycles. The van der Waals surface area contributed by atoms with E-state index in [1.807, 2.05) is 17.0 Å². The van der Waals surface area contributed by atoms with Gasteiger partial charge in [0.15, 0.2) is 18.1 Å². The average Bonchev–Trinajstić information content (AvgIpc) is 3.52. The number of hydrogen-bond acceptors (Lipinski definition) is 6. The third-order valence-corrected chi connectivity index (χ3v) is 8.87. The van der Waals surface area contributed by atoms with Gasteiger partial charge in [0.25, 0.3) is 5.91 Å². The lowest BCUT2D eigenvalue weighted by Gasteiger charge is -2.34. The smallest absolute Gasteiger partial charge is 0.260 e. The molecule has 3 aliphatic rings. The molecule has 2 aliphatic heterocycles. The van der Waals surface area contributed by atoms with Gasteiger partial charge in [0.05, 0.1) is 0 Å². The molecule has 0 spiro atoms. The van der Waals surface area contributed by atoms with E-state index in [-0.39, 0.29) is 44.1 Å². The summed E-state index contributed by atoms with van der Waals surface area (Å²) in [4.78, 5) is 18.8. The Morgan fingerprint density at radius 1 is 0.820 bits per heavy atom. The number of carbonyl (C=O) groups excluding carboxylic acids is 1. The van der Waals surface area contributed by atoms with Crippen molar-refractivity contribution in [2.45, 2.75) is 13.0 Å². The number of piperazine rings is 1. The number of amides is 1. The van der Waals surface area contributed by atoms with Gasteiger partial charge in [-0.15, -0.1) is 24.8 Å². The summed E-state index contributed by atoms with van der Waals surface area (Å²) in [5.41, 5.74) is 7.79. The predicted octanol–water partition coefficient (Wildman–Crippen LogP) is 8.19. The Bertz CT molecular complexity index is 1720. The number of carbonyl (C=O) groups is 1. The van der Waals surface area contributed by atoms with Crippen molar-refractivity contribution < 1.29 is 19.0 Å². The summed E-state index contributed by atoms with van der Waals surface area (Å²) in [6.45, 7) is 5.31. The molecule has 1 aliphatic carbocycles. The van der Waals surface area contributed by atoms with Crippen LogP contribution in [-0.4, -0.2) is 80.8 Å². The molecular formula is C40H44Cl3N3O4. The maximum absolute atomic E-state index is 12.4. The van der Waals surface area contributed by atoms with Gasteiger partial charge in [0, 0.05) is 44.3 Å². The Morgan fingerprint density at radius 3 is 2.08 bits per heavy atom. The molecule has 4 aromatic rings. The molecule has 7 rings (SSSR count). The minimum atomic E-state index is 0. The molecule has 1 fully saturated rings. The molecule has 0 radical (unpaired) electrons. The first-order valence-electron chi connectivity index (χ1n) is 16.4. The molecule has 0 bridgehead atoms. The van der Waals surface area contributed by atoms with E-state index >= 15 is 0 Å². The second kappa shape index (κ2) is 18.9. The minimum absolute atomic E-state index is 0. The number of ether oxygens (including phenoxy) is 3. The maximum Gasteiger partial charge on any atom is 0.260 e. The van der Waals surface area contributed by atoms with Crippen LogP contribution in [0.1, 0.15) is 34.2 Å². The Kier molecular flexibility index (Phi) is 14.6. The number of halogens is 3. The van der Waals surface area contributed by atoms with Gasteiger partial charge < -0.3 is 24.0 Å².